The number of aliphatic carboxylic acids is 1. The van der Waals surface area contributed by atoms with Crippen LogP contribution in [0.25, 0.3) is 0 Å². The summed E-state index contributed by atoms with van der Waals surface area (Å²) < 4.78 is 46.5. The lowest BCUT2D eigenvalue weighted by Crippen LogP contribution is -2.25. The van der Waals surface area contributed by atoms with Crippen molar-refractivity contribution in [3.8, 4) is 0 Å². The smallest absolute Gasteiger partial charge is 0.303 e. The van der Waals surface area contributed by atoms with Gasteiger partial charge >= 0.3 is 5.97 Å². The number of sulfonamides is 1. The summed E-state index contributed by atoms with van der Waals surface area (Å²) in [6.07, 6.45) is 4.20. The molecule has 0 fully saturated rings. The summed E-state index contributed by atoms with van der Waals surface area (Å²) in [6, 6.07) is 0. The molecule has 0 aliphatic carbocycles. The number of nitrogens with one attached hydrogen (secondary N) is 1. The molecule has 20 heavy (non-hydrogen) atoms. The summed E-state index contributed by atoms with van der Waals surface area (Å²) in [6.45, 7) is 0.236. The van der Waals surface area contributed by atoms with Gasteiger partial charge < -0.3 is 5.11 Å². The van der Waals surface area contributed by atoms with Gasteiger partial charge in [-0.05, 0) is 31.6 Å². The molecule has 2 N–H and O–H groups in total. The summed E-state index contributed by atoms with van der Waals surface area (Å²) in [7, 11) is -6.33. The number of hydrogen-bond acceptors (Lipinski definition) is 5. The van der Waals surface area contributed by atoms with Gasteiger partial charge in [0.15, 0.2) is 0 Å². The third-order valence-corrected chi connectivity index (χ3v) is 4.52. The highest BCUT2D eigenvalue weighted by atomic mass is 32.2. The van der Waals surface area contributed by atoms with Crippen LogP contribution in [0.1, 0.15) is 32.1 Å². The van der Waals surface area contributed by atoms with Gasteiger partial charge in [0, 0.05) is 19.2 Å². The van der Waals surface area contributed by atoms with E-state index in [2.05, 4.69) is 4.72 Å². The highest BCUT2D eigenvalue weighted by Crippen LogP contribution is 2.17. The summed E-state index contributed by atoms with van der Waals surface area (Å²) in [5.74, 6) is -0.858. The Kier molecular flexibility index (Phi) is 8.29. The van der Waals surface area contributed by atoms with E-state index < -0.39 is 25.8 Å². The van der Waals surface area contributed by atoms with Gasteiger partial charge in [-0.15, -0.1) is 0 Å². The topological polar surface area (TPSA) is 118 Å². The Balaban J connectivity index is 4.27. The van der Waals surface area contributed by atoms with Crippen molar-refractivity contribution in [3.63, 3.8) is 0 Å². The second-order valence-electron chi connectivity index (χ2n) is 5.03. The maximum Gasteiger partial charge on any atom is 0.303 e. The highest BCUT2D eigenvalue weighted by molar-refractivity contribution is 7.90. The molecule has 0 aliphatic rings. The molecule has 7 nitrogen and oxygen atoms in total. The van der Waals surface area contributed by atoms with E-state index in [1.165, 1.54) is 0 Å². The third kappa shape index (κ3) is 13.8. The number of rotatable bonds is 11. The lowest BCUT2D eigenvalue weighted by molar-refractivity contribution is -0.137. The maximum absolute atomic E-state index is 11.1. The molecule has 0 amide bonds. The first kappa shape index (κ1) is 19.3. The Hall–Kier alpha value is -0.670. The molecular weight excluding hydrogens is 306 g/mol. The van der Waals surface area contributed by atoms with Crippen LogP contribution in [0.3, 0.4) is 0 Å². The van der Waals surface area contributed by atoms with E-state index in [4.69, 9.17) is 5.11 Å². The fourth-order valence-corrected chi connectivity index (χ4v) is 3.05. The fourth-order valence-electron chi connectivity index (χ4n) is 1.80. The average Bonchev–Trinajstić information content (AvgIpc) is 2.21. The van der Waals surface area contributed by atoms with E-state index >= 15 is 0 Å². The molecule has 0 aliphatic heterocycles. The van der Waals surface area contributed by atoms with E-state index in [9.17, 15) is 21.6 Å². The van der Waals surface area contributed by atoms with E-state index in [-0.39, 0.29) is 24.6 Å². The number of carboxylic acid groups (broad SMARTS) is 1. The molecule has 9 heteroatoms. The Labute approximate surface area is 120 Å². The SMILES string of the molecule is CS(=O)(=O)CCC(CCCC(=O)O)CCNS(C)(=O)=O. The van der Waals surface area contributed by atoms with Gasteiger partial charge in [0.25, 0.3) is 0 Å². The minimum atomic E-state index is -3.26. The van der Waals surface area contributed by atoms with Gasteiger partial charge in [-0.3, -0.25) is 4.79 Å². The van der Waals surface area contributed by atoms with Crippen molar-refractivity contribution in [1.82, 2.24) is 4.72 Å². The van der Waals surface area contributed by atoms with Crippen molar-refractivity contribution in [2.24, 2.45) is 5.92 Å². The van der Waals surface area contributed by atoms with Crippen LogP contribution in [-0.2, 0) is 24.7 Å². The number of carboxylic acids is 1. The molecule has 0 spiro atoms. The zero-order valence-corrected chi connectivity index (χ0v) is 13.5. The van der Waals surface area contributed by atoms with Crippen molar-refractivity contribution >= 4 is 25.8 Å². The van der Waals surface area contributed by atoms with Crippen molar-refractivity contribution < 1.29 is 26.7 Å². The number of hydrogen-bond donors (Lipinski definition) is 2. The second-order valence-corrected chi connectivity index (χ2v) is 9.12. The predicted octanol–water partition coefficient (Wildman–Crippen LogP) is 0.232. The van der Waals surface area contributed by atoms with E-state index in [1.54, 1.807) is 0 Å². The van der Waals surface area contributed by atoms with Crippen molar-refractivity contribution in [2.75, 3.05) is 24.8 Å². The molecule has 0 heterocycles. The van der Waals surface area contributed by atoms with Crippen LogP contribution in [-0.4, -0.2) is 52.7 Å². The quantitative estimate of drug-likeness (QED) is 0.560. The Bertz CT molecular complexity index is 497. The maximum atomic E-state index is 11.1. The minimum Gasteiger partial charge on any atom is -0.481 e. The Morgan fingerprint density at radius 1 is 1.10 bits per heavy atom. The summed E-state index contributed by atoms with van der Waals surface area (Å²) in [4.78, 5) is 10.5. The first-order chi connectivity index (χ1) is 8.99. The molecule has 0 radical (unpaired) electrons. The molecule has 0 aromatic carbocycles. The van der Waals surface area contributed by atoms with Crippen molar-refractivity contribution in [1.29, 1.82) is 0 Å². The molecule has 0 saturated heterocycles. The van der Waals surface area contributed by atoms with Crippen molar-refractivity contribution in [3.05, 3.63) is 0 Å². The highest BCUT2D eigenvalue weighted by Gasteiger charge is 2.14. The average molecular weight is 329 g/mol. The lowest BCUT2D eigenvalue weighted by Gasteiger charge is -2.16. The standard InChI is InChI=1S/C11H23NO6S2/c1-19(15,16)9-7-10(4-3-5-11(13)14)6-8-12-20(2,17)18/h10,12H,3-9H2,1-2H3,(H,13,14). The van der Waals surface area contributed by atoms with Gasteiger partial charge in [0.1, 0.15) is 9.84 Å². The van der Waals surface area contributed by atoms with Gasteiger partial charge in [-0.1, -0.05) is 0 Å². The molecule has 0 aromatic rings. The predicted molar refractivity (Wildman–Crippen MR) is 76.8 cm³/mol. The Morgan fingerprint density at radius 3 is 2.15 bits per heavy atom. The third-order valence-electron chi connectivity index (χ3n) is 2.82. The van der Waals surface area contributed by atoms with E-state index in [1.807, 2.05) is 0 Å². The van der Waals surface area contributed by atoms with Gasteiger partial charge in [-0.2, -0.15) is 0 Å². The van der Waals surface area contributed by atoms with Crippen LogP contribution in [0.5, 0.6) is 0 Å². The monoisotopic (exact) mass is 329 g/mol. The van der Waals surface area contributed by atoms with Crippen LogP contribution in [0.2, 0.25) is 0 Å². The first-order valence-corrected chi connectivity index (χ1v) is 10.3. The minimum absolute atomic E-state index is 0.00155. The number of carbonyl (C=O) groups is 1. The van der Waals surface area contributed by atoms with E-state index in [0.717, 1.165) is 12.5 Å². The molecule has 0 rings (SSSR count). The molecule has 1 unspecified atom stereocenters. The van der Waals surface area contributed by atoms with Crippen LogP contribution in [0, 0.1) is 5.92 Å². The first-order valence-electron chi connectivity index (χ1n) is 6.34. The molecule has 0 saturated carbocycles. The summed E-state index contributed by atoms with van der Waals surface area (Å²) in [5, 5.41) is 8.58. The van der Waals surface area contributed by atoms with Crippen LogP contribution in [0.4, 0.5) is 0 Å². The van der Waals surface area contributed by atoms with Crippen LogP contribution < -0.4 is 4.72 Å². The largest absolute Gasteiger partial charge is 0.481 e. The zero-order chi connectivity index (χ0) is 15.8. The molecule has 0 aromatic heterocycles. The van der Waals surface area contributed by atoms with E-state index in [0.29, 0.717) is 25.7 Å². The Morgan fingerprint density at radius 2 is 1.70 bits per heavy atom. The molecule has 120 valence electrons. The lowest BCUT2D eigenvalue weighted by atomic mass is 9.96. The normalized spacial score (nSPS) is 14.1. The van der Waals surface area contributed by atoms with Gasteiger partial charge in [0.05, 0.1) is 12.0 Å². The summed E-state index contributed by atoms with van der Waals surface area (Å²) >= 11 is 0. The molecule has 1 atom stereocenters. The second kappa shape index (κ2) is 8.58. The van der Waals surface area contributed by atoms with Crippen molar-refractivity contribution in [2.45, 2.75) is 32.1 Å². The fraction of sp³-hybridized carbons (Fsp3) is 0.909. The number of sulfone groups is 1. The van der Waals surface area contributed by atoms with Crippen LogP contribution >= 0.6 is 0 Å². The van der Waals surface area contributed by atoms with Gasteiger partial charge in [0.2, 0.25) is 10.0 Å². The summed E-state index contributed by atoms with van der Waals surface area (Å²) in [5.41, 5.74) is 0. The van der Waals surface area contributed by atoms with Crippen LogP contribution in [0.15, 0.2) is 0 Å². The molecular formula is C11H23NO6S2. The van der Waals surface area contributed by atoms with Gasteiger partial charge in [-0.25, -0.2) is 21.6 Å². The molecule has 0 bridgehead atoms. The zero-order valence-electron chi connectivity index (χ0n) is 11.8.